The van der Waals surface area contributed by atoms with Crippen LogP contribution in [0.1, 0.15) is 45.1 Å². The number of carbonyl (C=O) groups excluding carboxylic acids is 1. The highest BCUT2D eigenvalue weighted by atomic mass is 16.2. The zero-order valence-electron chi connectivity index (χ0n) is 12.8. The molecule has 1 amide bonds. The Morgan fingerprint density at radius 2 is 1.95 bits per heavy atom. The van der Waals surface area contributed by atoms with Crippen molar-refractivity contribution < 1.29 is 4.79 Å². The minimum atomic E-state index is -0.457. The van der Waals surface area contributed by atoms with Crippen molar-refractivity contribution in [2.75, 3.05) is 6.54 Å². The summed E-state index contributed by atoms with van der Waals surface area (Å²) in [5.41, 5.74) is 7.07. The van der Waals surface area contributed by atoms with Crippen molar-refractivity contribution in [3.63, 3.8) is 0 Å². The number of hydrogen-bond acceptors (Lipinski definition) is 2. The van der Waals surface area contributed by atoms with Crippen LogP contribution in [0.15, 0.2) is 30.3 Å². The summed E-state index contributed by atoms with van der Waals surface area (Å²) in [7, 11) is 0. The molecule has 1 unspecified atom stereocenters. The standard InChI is InChI=1S/C17H28N2O/c1-3-5-9-14(4-2)13-19-17(20)16(18)12-15-10-7-6-8-11-15/h6-8,10-11,14,16H,3-5,9,12-13,18H2,1-2H3,(H,19,20)/t14?,16-/m0/s1. The van der Waals surface area contributed by atoms with E-state index < -0.39 is 6.04 Å². The Morgan fingerprint density at radius 1 is 1.25 bits per heavy atom. The number of amides is 1. The van der Waals surface area contributed by atoms with Gasteiger partial charge < -0.3 is 11.1 Å². The summed E-state index contributed by atoms with van der Waals surface area (Å²) in [5, 5.41) is 3.00. The van der Waals surface area contributed by atoms with Crippen LogP contribution in [0.2, 0.25) is 0 Å². The van der Waals surface area contributed by atoms with Gasteiger partial charge in [-0.15, -0.1) is 0 Å². The van der Waals surface area contributed by atoms with Crippen LogP contribution >= 0.6 is 0 Å². The molecule has 0 saturated heterocycles. The van der Waals surface area contributed by atoms with Crippen LogP contribution in [-0.4, -0.2) is 18.5 Å². The summed E-state index contributed by atoms with van der Waals surface area (Å²) in [6.07, 6.45) is 5.32. The predicted molar refractivity (Wildman–Crippen MR) is 84.4 cm³/mol. The van der Waals surface area contributed by atoms with Gasteiger partial charge in [-0.1, -0.05) is 63.4 Å². The van der Waals surface area contributed by atoms with Gasteiger partial charge in [0.15, 0.2) is 0 Å². The van der Waals surface area contributed by atoms with E-state index in [2.05, 4.69) is 19.2 Å². The smallest absolute Gasteiger partial charge is 0.237 e. The second-order valence-corrected chi connectivity index (χ2v) is 5.46. The van der Waals surface area contributed by atoms with Crippen LogP contribution in [0, 0.1) is 5.92 Å². The predicted octanol–water partition coefficient (Wildman–Crippen LogP) is 2.89. The van der Waals surface area contributed by atoms with Crippen LogP contribution in [-0.2, 0) is 11.2 Å². The van der Waals surface area contributed by atoms with Gasteiger partial charge in [0.25, 0.3) is 0 Å². The molecule has 0 aliphatic carbocycles. The van der Waals surface area contributed by atoms with Gasteiger partial charge >= 0.3 is 0 Å². The van der Waals surface area contributed by atoms with E-state index in [0.717, 1.165) is 18.5 Å². The van der Waals surface area contributed by atoms with Crippen LogP contribution in [0.5, 0.6) is 0 Å². The summed E-state index contributed by atoms with van der Waals surface area (Å²) in [5.74, 6) is 0.534. The Bertz CT molecular complexity index is 378. The molecule has 0 aromatic heterocycles. The maximum absolute atomic E-state index is 12.0. The fourth-order valence-electron chi connectivity index (χ4n) is 2.28. The molecule has 3 nitrogen and oxygen atoms in total. The van der Waals surface area contributed by atoms with E-state index in [9.17, 15) is 4.79 Å². The average molecular weight is 276 g/mol. The van der Waals surface area contributed by atoms with Crippen molar-refractivity contribution in [1.29, 1.82) is 0 Å². The van der Waals surface area contributed by atoms with E-state index in [1.165, 1.54) is 19.3 Å². The lowest BCUT2D eigenvalue weighted by Crippen LogP contribution is -2.43. The molecule has 3 N–H and O–H groups in total. The quantitative estimate of drug-likeness (QED) is 0.728. The Kier molecular flexibility index (Phi) is 7.97. The third-order valence-corrected chi connectivity index (χ3v) is 3.74. The molecule has 0 radical (unpaired) electrons. The molecule has 0 aliphatic heterocycles. The van der Waals surface area contributed by atoms with Gasteiger partial charge in [0, 0.05) is 6.54 Å². The SMILES string of the molecule is CCCCC(CC)CNC(=O)[C@@H](N)Cc1ccccc1. The number of benzene rings is 1. The zero-order valence-corrected chi connectivity index (χ0v) is 12.8. The Labute approximate surface area is 122 Å². The number of unbranched alkanes of at least 4 members (excludes halogenated alkanes) is 1. The number of rotatable bonds is 9. The first-order valence-electron chi connectivity index (χ1n) is 7.74. The molecule has 3 heteroatoms. The second kappa shape index (κ2) is 9.54. The molecule has 2 atom stereocenters. The van der Waals surface area contributed by atoms with Gasteiger partial charge in [0.05, 0.1) is 6.04 Å². The maximum atomic E-state index is 12.0. The van der Waals surface area contributed by atoms with E-state index in [1.807, 2.05) is 30.3 Å². The average Bonchev–Trinajstić information content (AvgIpc) is 2.48. The highest BCUT2D eigenvalue weighted by Crippen LogP contribution is 2.11. The van der Waals surface area contributed by atoms with E-state index in [4.69, 9.17) is 5.73 Å². The number of hydrogen-bond donors (Lipinski definition) is 2. The third-order valence-electron chi connectivity index (χ3n) is 3.74. The van der Waals surface area contributed by atoms with Gasteiger partial charge in [-0.3, -0.25) is 4.79 Å². The van der Waals surface area contributed by atoms with Crippen molar-refractivity contribution in [1.82, 2.24) is 5.32 Å². The van der Waals surface area contributed by atoms with Crippen LogP contribution in [0.3, 0.4) is 0 Å². The highest BCUT2D eigenvalue weighted by Gasteiger charge is 2.15. The highest BCUT2D eigenvalue weighted by molar-refractivity contribution is 5.81. The first-order valence-corrected chi connectivity index (χ1v) is 7.74. The Hall–Kier alpha value is -1.35. The zero-order chi connectivity index (χ0) is 14.8. The molecule has 0 bridgehead atoms. The molecular weight excluding hydrogens is 248 g/mol. The lowest BCUT2D eigenvalue weighted by Gasteiger charge is -2.17. The molecule has 0 spiro atoms. The van der Waals surface area contributed by atoms with E-state index in [0.29, 0.717) is 12.3 Å². The fraction of sp³-hybridized carbons (Fsp3) is 0.588. The normalized spacial score (nSPS) is 13.8. The largest absolute Gasteiger partial charge is 0.354 e. The van der Waals surface area contributed by atoms with Gasteiger partial charge in [0.2, 0.25) is 5.91 Å². The minimum Gasteiger partial charge on any atom is -0.354 e. The molecule has 0 fully saturated rings. The lowest BCUT2D eigenvalue weighted by atomic mass is 9.99. The summed E-state index contributed by atoms with van der Waals surface area (Å²) in [6.45, 7) is 5.12. The summed E-state index contributed by atoms with van der Waals surface area (Å²) < 4.78 is 0. The van der Waals surface area contributed by atoms with Crippen molar-refractivity contribution in [3.05, 3.63) is 35.9 Å². The molecule has 0 aliphatic rings. The van der Waals surface area contributed by atoms with E-state index in [1.54, 1.807) is 0 Å². The second-order valence-electron chi connectivity index (χ2n) is 5.46. The monoisotopic (exact) mass is 276 g/mol. The topological polar surface area (TPSA) is 55.1 Å². The van der Waals surface area contributed by atoms with Gasteiger partial charge in [-0.05, 0) is 24.3 Å². The number of nitrogens with one attached hydrogen (secondary N) is 1. The number of nitrogens with two attached hydrogens (primary N) is 1. The van der Waals surface area contributed by atoms with E-state index in [-0.39, 0.29) is 5.91 Å². The summed E-state index contributed by atoms with van der Waals surface area (Å²) in [6, 6.07) is 9.46. The van der Waals surface area contributed by atoms with Crippen LogP contribution in [0.25, 0.3) is 0 Å². The van der Waals surface area contributed by atoms with Crippen LogP contribution < -0.4 is 11.1 Å². The third kappa shape index (κ3) is 6.20. The molecule has 0 heterocycles. The first kappa shape index (κ1) is 16.7. The van der Waals surface area contributed by atoms with Gasteiger partial charge in [-0.2, -0.15) is 0 Å². The van der Waals surface area contributed by atoms with Gasteiger partial charge in [-0.25, -0.2) is 0 Å². The minimum absolute atomic E-state index is 0.0381. The molecule has 1 rings (SSSR count). The number of carbonyl (C=O) groups is 1. The van der Waals surface area contributed by atoms with Gasteiger partial charge in [0.1, 0.15) is 0 Å². The molecule has 1 aromatic carbocycles. The van der Waals surface area contributed by atoms with Crippen molar-refractivity contribution in [3.8, 4) is 0 Å². The molecule has 20 heavy (non-hydrogen) atoms. The Balaban J connectivity index is 2.34. The summed E-state index contributed by atoms with van der Waals surface area (Å²) >= 11 is 0. The molecule has 1 aromatic rings. The summed E-state index contributed by atoms with van der Waals surface area (Å²) in [4.78, 5) is 12.0. The molecule has 112 valence electrons. The fourth-order valence-corrected chi connectivity index (χ4v) is 2.28. The van der Waals surface area contributed by atoms with Crippen LogP contribution in [0.4, 0.5) is 0 Å². The van der Waals surface area contributed by atoms with E-state index >= 15 is 0 Å². The molecule has 0 saturated carbocycles. The molecular formula is C17H28N2O. The maximum Gasteiger partial charge on any atom is 0.237 e. The van der Waals surface area contributed by atoms with Crippen molar-refractivity contribution in [2.24, 2.45) is 11.7 Å². The Morgan fingerprint density at radius 3 is 2.55 bits per heavy atom. The lowest BCUT2D eigenvalue weighted by molar-refractivity contribution is -0.122. The van der Waals surface area contributed by atoms with Crippen molar-refractivity contribution in [2.45, 2.75) is 52.0 Å². The van der Waals surface area contributed by atoms with Crippen molar-refractivity contribution >= 4 is 5.91 Å². The first-order chi connectivity index (χ1) is 9.67.